The van der Waals surface area contributed by atoms with E-state index in [4.69, 9.17) is 0 Å². The Morgan fingerprint density at radius 1 is 1.41 bits per heavy atom. The van der Waals surface area contributed by atoms with Gasteiger partial charge in [-0.05, 0) is 63.0 Å². The highest BCUT2D eigenvalue weighted by Gasteiger charge is 2.45. The smallest absolute Gasteiger partial charge is 0.0609 e. The molecule has 1 saturated carbocycles. The Morgan fingerprint density at radius 2 is 2.12 bits per heavy atom. The van der Waals surface area contributed by atoms with Crippen molar-refractivity contribution < 1.29 is 0 Å². The maximum absolute atomic E-state index is 4.53. The lowest BCUT2D eigenvalue weighted by molar-refractivity contribution is 0.243. The van der Waals surface area contributed by atoms with E-state index in [9.17, 15) is 0 Å². The maximum Gasteiger partial charge on any atom is 0.0609 e. The first-order valence-electron chi connectivity index (χ1n) is 7.16. The van der Waals surface area contributed by atoms with Crippen LogP contribution < -0.4 is 0 Å². The van der Waals surface area contributed by atoms with Crippen LogP contribution in [0.2, 0.25) is 0 Å². The van der Waals surface area contributed by atoms with Gasteiger partial charge in [0, 0.05) is 0 Å². The molecule has 0 N–H and O–H groups in total. The Balaban J connectivity index is 2.34. The molecule has 0 heterocycles. The largest absolute Gasteiger partial charge is 0.294 e. The highest BCUT2D eigenvalue weighted by atomic mass is 14.8. The van der Waals surface area contributed by atoms with Crippen molar-refractivity contribution in [2.24, 2.45) is 28.7 Å². The molecule has 0 radical (unpaired) electrons. The van der Waals surface area contributed by atoms with Crippen LogP contribution in [0.3, 0.4) is 0 Å². The highest BCUT2D eigenvalue weighted by molar-refractivity contribution is 5.28. The van der Waals surface area contributed by atoms with Crippen LogP contribution in [0.4, 0.5) is 0 Å². The van der Waals surface area contributed by atoms with E-state index in [1.807, 2.05) is 0 Å². The first kappa shape index (κ1) is 12.9. The first-order chi connectivity index (χ1) is 7.98. The zero-order chi connectivity index (χ0) is 12.6. The van der Waals surface area contributed by atoms with Crippen LogP contribution >= 0.6 is 0 Å². The number of aliphatic imine (C=N–C) groups is 1. The standard InChI is InChI=1S/C16H27N/c1-11(2)13-8-9-16(4,17-5)15-7-6-12(3)14(15)10-13/h10-12,14-15H,5-9H2,1-4H3/t12-,14-,15+,16+/m1/s1. The molecule has 0 saturated heterocycles. The molecule has 2 aliphatic carbocycles. The molecule has 2 rings (SSSR count). The van der Waals surface area contributed by atoms with Crippen molar-refractivity contribution in [2.75, 3.05) is 0 Å². The number of nitrogens with zero attached hydrogens (tertiary/aromatic N) is 1. The number of allylic oxidation sites excluding steroid dienone is 2. The van der Waals surface area contributed by atoms with Gasteiger partial charge in [-0.25, -0.2) is 0 Å². The third-order valence-electron chi connectivity index (χ3n) is 5.28. The fourth-order valence-corrected chi connectivity index (χ4v) is 3.82. The van der Waals surface area contributed by atoms with Gasteiger partial charge >= 0.3 is 0 Å². The summed E-state index contributed by atoms with van der Waals surface area (Å²) >= 11 is 0. The van der Waals surface area contributed by atoms with E-state index >= 15 is 0 Å². The predicted octanol–water partition coefficient (Wildman–Crippen LogP) is 4.48. The van der Waals surface area contributed by atoms with Crippen LogP contribution in [0.1, 0.15) is 53.4 Å². The van der Waals surface area contributed by atoms with E-state index in [2.05, 4.69) is 45.5 Å². The van der Waals surface area contributed by atoms with E-state index in [1.54, 1.807) is 5.57 Å². The number of rotatable bonds is 2. The molecular formula is C16H27N. The highest BCUT2D eigenvalue weighted by Crippen LogP contribution is 2.49. The van der Waals surface area contributed by atoms with Crippen molar-refractivity contribution in [3.05, 3.63) is 11.6 Å². The van der Waals surface area contributed by atoms with E-state index in [0.29, 0.717) is 5.92 Å². The summed E-state index contributed by atoms with van der Waals surface area (Å²) in [6, 6.07) is 0. The summed E-state index contributed by atoms with van der Waals surface area (Å²) in [6.07, 6.45) is 7.70. The summed E-state index contributed by atoms with van der Waals surface area (Å²) < 4.78 is 0. The van der Waals surface area contributed by atoms with E-state index in [1.165, 1.54) is 25.7 Å². The average molecular weight is 233 g/mol. The minimum atomic E-state index is 0.114. The molecule has 0 amide bonds. The Hall–Kier alpha value is -0.590. The number of hydrogen-bond donors (Lipinski definition) is 0. The van der Waals surface area contributed by atoms with Gasteiger partial charge in [-0.15, -0.1) is 0 Å². The van der Waals surface area contributed by atoms with Gasteiger partial charge in [-0.1, -0.05) is 32.4 Å². The van der Waals surface area contributed by atoms with Gasteiger partial charge in [0.2, 0.25) is 0 Å². The average Bonchev–Trinajstić information content (AvgIpc) is 2.57. The number of fused-ring (bicyclic) bond motifs is 1. The molecule has 0 spiro atoms. The molecule has 0 aromatic heterocycles. The molecule has 17 heavy (non-hydrogen) atoms. The first-order valence-corrected chi connectivity index (χ1v) is 7.16. The maximum atomic E-state index is 4.53. The van der Waals surface area contributed by atoms with Gasteiger partial charge in [0.25, 0.3) is 0 Å². The van der Waals surface area contributed by atoms with Crippen LogP contribution in [-0.4, -0.2) is 12.3 Å². The van der Waals surface area contributed by atoms with E-state index in [-0.39, 0.29) is 5.54 Å². The van der Waals surface area contributed by atoms with Crippen molar-refractivity contribution in [3.8, 4) is 0 Å². The second-order valence-corrected chi connectivity index (χ2v) is 6.65. The van der Waals surface area contributed by atoms with Gasteiger partial charge in [-0.2, -0.15) is 0 Å². The monoisotopic (exact) mass is 233 g/mol. The summed E-state index contributed by atoms with van der Waals surface area (Å²) in [5, 5.41) is 0. The van der Waals surface area contributed by atoms with Gasteiger partial charge in [-0.3, -0.25) is 4.99 Å². The third kappa shape index (κ3) is 2.21. The normalized spacial score (nSPS) is 41.9. The van der Waals surface area contributed by atoms with Gasteiger partial charge < -0.3 is 0 Å². The summed E-state index contributed by atoms with van der Waals surface area (Å²) in [5.74, 6) is 2.99. The lowest BCUT2D eigenvalue weighted by Crippen LogP contribution is -2.34. The van der Waals surface area contributed by atoms with Crippen LogP contribution in [0.15, 0.2) is 16.6 Å². The molecule has 2 aliphatic rings. The van der Waals surface area contributed by atoms with E-state index < -0.39 is 0 Å². The lowest BCUT2D eigenvalue weighted by atomic mass is 9.76. The molecule has 0 aromatic rings. The molecule has 96 valence electrons. The van der Waals surface area contributed by atoms with Crippen molar-refractivity contribution in [1.29, 1.82) is 0 Å². The Labute approximate surface area is 106 Å². The quantitative estimate of drug-likeness (QED) is 0.492. The predicted molar refractivity (Wildman–Crippen MR) is 75.5 cm³/mol. The van der Waals surface area contributed by atoms with Crippen molar-refractivity contribution >= 4 is 6.72 Å². The van der Waals surface area contributed by atoms with Crippen LogP contribution in [0, 0.1) is 23.7 Å². The van der Waals surface area contributed by atoms with Crippen LogP contribution in [0.25, 0.3) is 0 Å². The Kier molecular flexibility index (Phi) is 3.47. The van der Waals surface area contributed by atoms with Crippen molar-refractivity contribution in [2.45, 2.75) is 58.9 Å². The second-order valence-electron chi connectivity index (χ2n) is 6.65. The molecule has 0 aromatic carbocycles. The molecule has 1 nitrogen and oxygen atoms in total. The Bertz CT molecular complexity index is 328. The summed E-state index contributed by atoms with van der Waals surface area (Å²) in [6.45, 7) is 13.3. The molecule has 0 bridgehead atoms. The minimum Gasteiger partial charge on any atom is -0.294 e. The fraction of sp³-hybridized carbons (Fsp3) is 0.812. The summed E-state index contributed by atoms with van der Waals surface area (Å²) in [4.78, 5) is 4.53. The van der Waals surface area contributed by atoms with E-state index in [0.717, 1.165) is 17.8 Å². The number of hydrogen-bond acceptors (Lipinski definition) is 1. The molecule has 4 atom stereocenters. The third-order valence-corrected chi connectivity index (χ3v) is 5.28. The zero-order valence-corrected chi connectivity index (χ0v) is 11.9. The SMILES string of the molecule is C=N[C@@]1(C)CCC(C(C)C)=C[C@@H]2[C@H](C)CC[C@@H]21. The van der Waals surface area contributed by atoms with Gasteiger partial charge in [0.15, 0.2) is 0 Å². The van der Waals surface area contributed by atoms with Crippen LogP contribution in [-0.2, 0) is 0 Å². The minimum absolute atomic E-state index is 0.114. The van der Waals surface area contributed by atoms with Crippen LogP contribution in [0.5, 0.6) is 0 Å². The summed E-state index contributed by atoms with van der Waals surface area (Å²) in [7, 11) is 0. The topological polar surface area (TPSA) is 12.4 Å². The summed E-state index contributed by atoms with van der Waals surface area (Å²) in [5.41, 5.74) is 1.77. The molecule has 0 unspecified atom stereocenters. The fourth-order valence-electron chi connectivity index (χ4n) is 3.82. The van der Waals surface area contributed by atoms with Gasteiger partial charge in [0.1, 0.15) is 0 Å². The zero-order valence-electron chi connectivity index (χ0n) is 11.9. The Morgan fingerprint density at radius 3 is 2.71 bits per heavy atom. The molecule has 1 heteroatoms. The molecular weight excluding hydrogens is 206 g/mol. The molecule has 0 aliphatic heterocycles. The lowest BCUT2D eigenvalue weighted by Gasteiger charge is -2.33. The second kappa shape index (κ2) is 4.59. The van der Waals surface area contributed by atoms with Gasteiger partial charge in [0.05, 0.1) is 5.54 Å². The molecule has 1 fully saturated rings. The van der Waals surface area contributed by atoms with Crippen molar-refractivity contribution in [3.63, 3.8) is 0 Å². The van der Waals surface area contributed by atoms with Crippen molar-refractivity contribution in [1.82, 2.24) is 0 Å².